The third-order valence-electron chi connectivity index (χ3n) is 4.93. The number of nitrogens with zero attached hydrogens (tertiary/aromatic N) is 2. The first-order valence-corrected chi connectivity index (χ1v) is 10.9. The van der Waals surface area contributed by atoms with Crippen molar-refractivity contribution in [3.8, 4) is 11.5 Å². The highest BCUT2D eigenvalue weighted by atomic mass is 19.1. The third-order valence-corrected chi connectivity index (χ3v) is 4.93. The molecule has 0 atom stereocenters. The number of fused-ring (bicyclic) bond motifs is 1. The highest BCUT2D eigenvalue weighted by molar-refractivity contribution is 5.98. The molecule has 0 aliphatic heterocycles. The fourth-order valence-electron chi connectivity index (χ4n) is 3.45. The molecule has 3 rings (SSSR count). The van der Waals surface area contributed by atoms with Crippen molar-refractivity contribution in [2.75, 3.05) is 13.2 Å². The average Bonchev–Trinajstić information content (AvgIpc) is 2.77. The van der Waals surface area contributed by atoms with Crippen LogP contribution in [0.25, 0.3) is 11.0 Å². The standard InChI is InChI=1S/C25H27FN2O7/c1-6-33-24(32)20-22(30)21-17(28(5)23(20)31)10-14(12-27-21)9-15-7-8-16(26)11-18(15)34-13-19(29)35-25(2,3)4/h7-8,10-12,30H,6,9,13H2,1-5H3. The number of aromatic hydroxyl groups is 1. The highest BCUT2D eigenvalue weighted by Crippen LogP contribution is 2.28. The number of aryl methyl sites for hydroxylation is 1. The molecule has 1 N–H and O–H groups in total. The van der Waals surface area contributed by atoms with Gasteiger partial charge < -0.3 is 23.9 Å². The zero-order valence-electron chi connectivity index (χ0n) is 20.2. The molecule has 0 bridgehead atoms. The normalized spacial score (nSPS) is 11.4. The minimum Gasteiger partial charge on any atom is -0.505 e. The molecule has 0 saturated carbocycles. The van der Waals surface area contributed by atoms with Gasteiger partial charge in [-0.2, -0.15) is 0 Å². The fourth-order valence-corrected chi connectivity index (χ4v) is 3.45. The van der Waals surface area contributed by atoms with Gasteiger partial charge in [-0.05, 0) is 51.0 Å². The summed E-state index contributed by atoms with van der Waals surface area (Å²) in [6.45, 7) is 6.42. The summed E-state index contributed by atoms with van der Waals surface area (Å²) in [5, 5.41) is 10.5. The number of hydrogen-bond donors (Lipinski definition) is 1. The Morgan fingerprint density at radius 2 is 1.91 bits per heavy atom. The van der Waals surface area contributed by atoms with Gasteiger partial charge in [0.2, 0.25) is 0 Å². The maximum Gasteiger partial charge on any atom is 0.347 e. The molecule has 0 aliphatic carbocycles. The topological polar surface area (TPSA) is 117 Å². The maximum absolute atomic E-state index is 13.9. The van der Waals surface area contributed by atoms with Crippen LogP contribution >= 0.6 is 0 Å². The number of benzene rings is 1. The van der Waals surface area contributed by atoms with E-state index >= 15 is 0 Å². The van der Waals surface area contributed by atoms with Gasteiger partial charge in [-0.1, -0.05) is 6.07 Å². The second-order valence-electron chi connectivity index (χ2n) is 8.82. The Bertz CT molecular complexity index is 1340. The highest BCUT2D eigenvalue weighted by Gasteiger charge is 2.23. The number of aromatic nitrogens is 2. The molecule has 10 heteroatoms. The fraction of sp³-hybridized carbons (Fsp3) is 0.360. The molecule has 0 unspecified atom stereocenters. The summed E-state index contributed by atoms with van der Waals surface area (Å²) in [4.78, 5) is 41.1. The van der Waals surface area contributed by atoms with Crippen LogP contribution in [0.5, 0.6) is 11.5 Å². The lowest BCUT2D eigenvalue weighted by atomic mass is 10.0. The first kappa shape index (κ1) is 25.7. The number of carbonyl (C=O) groups excluding carboxylic acids is 2. The molecule has 35 heavy (non-hydrogen) atoms. The van der Waals surface area contributed by atoms with E-state index in [9.17, 15) is 23.9 Å². The van der Waals surface area contributed by atoms with E-state index in [1.54, 1.807) is 33.8 Å². The van der Waals surface area contributed by atoms with Gasteiger partial charge in [-0.25, -0.2) is 14.0 Å². The summed E-state index contributed by atoms with van der Waals surface area (Å²) >= 11 is 0. The van der Waals surface area contributed by atoms with E-state index < -0.39 is 46.8 Å². The van der Waals surface area contributed by atoms with Gasteiger partial charge in [0.05, 0.1) is 12.1 Å². The van der Waals surface area contributed by atoms with Crippen LogP contribution in [-0.4, -0.2) is 45.4 Å². The third kappa shape index (κ3) is 5.95. The van der Waals surface area contributed by atoms with E-state index in [0.717, 1.165) is 0 Å². The Morgan fingerprint density at radius 1 is 1.20 bits per heavy atom. The van der Waals surface area contributed by atoms with Crippen molar-refractivity contribution in [1.29, 1.82) is 0 Å². The maximum atomic E-state index is 13.9. The SMILES string of the molecule is CCOC(=O)c1c(O)c2ncc(Cc3ccc(F)cc3OCC(=O)OC(C)(C)C)cc2n(C)c1=O. The van der Waals surface area contributed by atoms with Crippen LogP contribution in [0.4, 0.5) is 4.39 Å². The number of carbonyl (C=O) groups is 2. The molecule has 3 aromatic rings. The quantitative estimate of drug-likeness (QED) is 0.506. The van der Waals surface area contributed by atoms with Crippen molar-refractivity contribution in [3.63, 3.8) is 0 Å². The first-order valence-electron chi connectivity index (χ1n) is 10.9. The molecule has 0 spiro atoms. The van der Waals surface area contributed by atoms with E-state index in [0.29, 0.717) is 11.1 Å². The van der Waals surface area contributed by atoms with Crippen molar-refractivity contribution in [1.82, 2.24) is 9.55 Å². The number of hydrogen-bond acceptors (Lipinski definition) is 8. The van der Waals surface area contributed by atoms with E-state index in [4.69, 9.17) is 14.2 Å². The molecule has 9 nitrogen and oxygen atoms in total. The zero-order chi connectivity index (χ0) is 25.9. The van der Waals surface area contributed by atoms with Gasteiger partial charge in [0, 0.05) is 25.7 Å². The molecule has 0 radical (unpaired) electrons. The molecular formula is C25H27FN2O7. The lowest BCUT2D eigenvalue weighted by molar-refractivity contribution is -0.157. The van der Waals surface area contributed by atoms with Gasteiger partial charge in [-0.3, -0.25) is 9.78 Å². The van der Waals surface area contributed by atoms with Crippen molar-refractivity contribution in [3.05, 3.63) is 63.3 Å². The lowest BCUT2D eigenvalue weighted by Crippen LogP contribution is -2.27. The van der Waals surface area contributed by atoms with Crippen molar-refractivity contribution < 1.29 is 33.3 Å². The molecule has 186 valence electrons. The predicted molar refractivity (Wildman–Crippen MR) is 125 cm³/mol. The second-order valence-corrected chi connectivity index (χ2v) is 8.82. The second kappa shape index (κ2) is 10.1. The smallest absolute Gasteiger partial charge is 0.347 e. The summed E-state index contributed by atoms with van der Waals surface area (Å²) in [5.74, 6) is -2.47. The number of esters is 2. The molecule has 1 aromatic carbocycles. The Balaban J connectivity index is 1.93. The number of pyridine rings is 2. The Kier molecular flexibility index (Phi) is 7.42. The largest absolute Gasteiger partial charge is 0.505 e. The Morgan fingerprint density at radius 3 is 2.57 bits per heavy atom. The van der Waals surface area contributed by atoms with Crippen molar-refractivity contribution in [2.45, 2.75) is 39.7 Å². The Hall–Kier alpha value is -3.95. The van der Waals surface area contributed by atoms with Gasteiger partial charge in [0.15, 0.2) is 17.9 Å². The lowest BCUT2D eigenvalue weighted by Gasteiger charge is -2.20. The molecule has 0 amide bonds. The van der Waals surface area contributed by atoms with Crippen LogP contribution in [0.3, 0.4) is 0 Å². The predicted octanol–water partition coefficient (Wildman–Crippen LogP) is 3.27. The van der Waals surface area contributed by atoms with Gasteiger partial charge in [-0.15, -0.1) is 0 Å². The molecule has 2 aromatic heterocycles. The summed E-state index contributed by atoms with van der Waals surface area (Å²) in [7, 11) is 1.45. The zero-order valence-corrected chi connectivity index (χ0v) is 20.2. The van der Waals surface area contributed by atoms with Gasteiger partial charge in [0.25, 0.3) is 5.56 Å². The molecule has 0 aliphatic rings. The van der Waals surface area contributed by atoms with E-state index in [1.807, 2.05) is 0 Å². The summed E-state index contributed by atoms with van der Waals surface area (Å²) < 4.78 is 30.7. The number of ether oxygens (including phenoxy) is 3. The van der Waals surface area contributed by atoms with Gasteiger partial charge in [0.1, 0.15) is 22.7 Å². The minimum absolute atomic E-state index is 0.0435. The van der Waals surface area contributed by atoms with Crippen molar-refractivity contribution >= 4 is 23.0 Å². The molecule has 2 heterocycles. The minimum atomic E-state index is -0.934. The summed E-state index contributed by atoms with van der Waals surface area (Å²) in [6, 6.07) is 5.57. The number of rotatable bonds is 7. The van der Waals surface area contributed by atoms with E-state index in [-0.39, 0.29) is 29.8 Å². The Labute approximate surface area is 201 Å². The first-order chi connectivity index (χ1) is 16.4. The average molecular weight is 486 g/mol. The van der Waals surface area contributed by atoms with Crippen LogP contribution < -0.4 is 10.3 Å². The van der Waals surface area contributed by atoms with Crippen molar-refractivity contribution in [2.24, 2.45) is 7.05 Å². The van der Waals surface area contributed by atoms with Gasteiger partial charge >= 0.3 is 11.9 Å². The van der Waals surface area contributed by atoms with Crippen LogP contribution in [0, 0.1) is 5.82 Å². The van der Waals surface area contributed by atoms with E-state index in [1.165, 1.54) is 36.0 Å². The van der Waals surface area contributed by atoms with Crippen LogP contribution in [0.1, 0.15) is 49.2 Å². The summed E-state index contributed by atoms with van der Waals surface area (Å²) in [5.41, 5.74) is -0.376. The van der Waals surface area contributed by atoms with Crippen LogP contribution in [-0.2, 0) is 27.7 Å². The van der Waals surface area contributed by atoms with Crippen LogP contribution in [0.15, 0.2) is 35.3 Å². The molecular weight excluding hydrogens is 459 g/mol. The number of halogens is 1. The monoisotopic (exact) mass is 486 g/mol. The molecule has 0 saturated heterocycles. The van der Waals surface area contributed by atoms with E-state index in [2.05, 4.69) is 4.98 Å². The summed E-state index contributed by atoms with van der Waals surface area (Å²) in [6.07, 6.45) is 1.68. The van der Waals surface area contributed by atoms with Crippen LogP contribution in [0.2, 0.25) is 0 Å². The molecule has 0 fully saturated rings.